The van der Waals surface area contributed by atoms with Crippen LogP contribution in [0, 0.1) is 17.0 Å². The van der Waals surface area contributed by atoms with Gasteiger partial charge in [-0.3, -0.25) is 19.8 Å². The molecule has 1 aromatic rings. The normalized spacial score (nSPS) is 24.6. The Kier molecular flexibility index (Phi) is 4.20. The number of carbonyl (C=O) groups excluding carboxylic acids is 1. The average Bonchev–Trinajstić information content (AvgIpc) is 2.54. The zero-order chi connectivity index (χ0) is 18.4. The maximum atomic E-state index is 13.9. The van der Waals surface area contributed by atoms with Gasteiger partial charge in [-0.05, 0) is 19.1 Å². The number of ether oxygens (including phenoxy) is 2. The molecule has 2 aliphatic rings. The minimum atomic E-state index is -4.86. The lowest BCUT2D eigenvalue weighted by Crippen LogP contribution is -2.67. The zero-order valence-corrected chi connectivity index (χ0v) is 13.3. The third-order valence-corrected chi connectivity index (χ3v) is 4.45. The number of aryl methyl sites for hydroxylation is 1. The fourth-order valence-corrected chi connectivity index (χ4v) is 3.23. The van der Waals surface area contributed by atoms with E-state index >= 15 is 0 Å². The summed E-state index contributed by atoms with van der Waals surface area (Å²) in [6.45, 7) is 1.46. The number of nitro benzene ring substituents is 1. The Hall–Kier alpha value is -2.20. The molecule has 0 N–H and O–H groups in total. The van der Waals surface area contributed by atoms with Crippen molar-refractivity contribution in [1.29, 1.82) is 0 Å². The fourth-order valence-electron chi connectivity index (χ4n) is 3.23. The molecule has 2 aliphatic heterocycles. The van der Waals surface area contributed by atoms with Gasteiger partial charge in [0.05, 0.1) is 24.6 Å². The van der Waals surface area contributed by atoms with Gasteiger partial charge >= 0.3 is 6.18 Å². The molecule has 10 heteroatoms. The molecule has 136 valence electrons. The van der Waals surface area contributed by atoms with Crippen molar-refractivity contribution in [2.24, 2.45) is 0 Å². The molecule has 0 amide bonds. The number of nitrogens with zero attached hydrogens (tertiary/aromatic N) is 2. The van der Waals surface area contributed by atoms with Gasteiger partial charge in [-0.15, -0.1) is 0 Å². The van der Waals surface area contributed by atoms with Crippen LogP contribution in [0.3, 0.4) is 0 Å². The van der Waals surface area contributed by atoms with Gasteiger partial charge < -0.3 is 9.47 Å². The second-order valence-electron chi connectivity index (χ2n) is 5.94. The van der Waals surface area contributed by atoms with Crippen molar-refractivity contribution in [1.82, 2.24) is 4.90 Å². The largest absolute Gasteiger partial charge is 0.461 e. The highest BCUT2D eigenvalue weighted by molar-refractivity contribution is 6.04. The predicted octanol–water partition coefficient (Wildman–Crippen LogP) is 2.46. The van der Waals surface area contributed by atoms with Crippen LogP contribution in [0.1, 0.15) is 22.3 Å². The standard InChI is InChI=1S/C15H15F3N2O5/c1-9-2-3-11-12(13(9)20(22)23)10(21)8-14(25-11,15(16,17)18)19-4-6-24-7-5-19/h2-3H,4-8H2,1H3/t14-/m1/s1. The van der Waals surface area contributed by atoms with E-state index in [0.717, 1.165) is 4.90 Å². The molecule has 0 saturated carbocycles. The molecule has 0 radical (unpaired) electrons. The van der Waals surface area contributed by atoms with Crippen molar-refractivity contribution in [2.75, 3.05) is 26.3 Å². The SMILES string of the molecule is Cc1ccc2c(c1[N+](=O)[O-])C(=O)C[C@](N1CCOCC1)(C(F)(F)F)O2. The summed E-state index contributed by atoms with van der Waals surface area (Å²) < 4.78 is 52.0. The van der Waals surface area contributed by atoms with Crippen molar-refractivity contribution in [2.45, 2.75) is 25.2 Å². The number of morpholine rings is 1. The van der Waals surface area contributed by atoms with Crippen molar-refractivity contribution in [3.63, 3.8) is 0 Å². The second kappa shape index (κ2) is 5.95. The maximum Gasteiger partial charge on any atom is 0.443 e. The molecule has 0 bridgehead atoms. The molecule has 1 atom stereocenters. The van der Waals surface area contributed by atoms with E-state index in [4.69, 9.17) is 9.47 Å². The first-order valence-electron chi connectivity index (χ1n) is 7.57. The van der Waals surface area contributed by atoms with E-state index in [1.807, 2.05) is 0 Å². The summed E-state index contributed by atoms with van der Waals surface area (Å²) in [5.41, 5.74) is -3.57. The zero-order valence-electron chi connectivity index (χ0n) is 13.3. The first kappa shape index (κ1) is 17.6. The number of alkyl halides is 3. The number of hydrogen-bond acceptors (Lipinski definition) is 6. The third kappa shape index (κ3) is 2.74. The Bertz CT molecular complexity index is 731. The molecule has 1 saturated heterocycles. The van der Waals surface area contributed by atoms with E-state index in [9.17, 15) is 28.1 Å². The average molecular weight is 360 g/mol. The summed E-state index contributed by atoms with van der Waals surface area (Å²) in [6.07, 6.45) is -5.90. The molecule has 3 rings (SSSR count). The molecule has 1 aromatic carbocycles. The first-order valence-corrected chi connectivity index (χ1v) is 7.57. The van der Waals surface area contributed by atoms with Crippen molar-refractivity contribution >= 4 is 11.5 Å². The minimum Gasteiger partial charge on any atom is -0.461 e. The van der Waals surface area contributed by atoms with Crippen LogP contribution in [-0.2, 0) is 4.74 Å². The molecule has 25 heavy (non-hydrogen) atoms. The number of halogens is 3. The summed E-state index contributed by atoms with van der Waals surface area (Å²) in [5, 5.41) is 11.2. The maximum absolute atomic E-state index is 13.9. The van der Waals surface area contributed by atoms with Gasteiger partial charge in [0.1, 0.15) is 11.3 Å². The van der Waals surface area contributed by atoms with E-state index < -0.39 is 46.0 Å². The highest BCUT2D eigenvalue weighted by Crippen LogP contribution is 2.47. The van der Waals surface area contributed by atoms with Crippen molar-refractivity contribution in [3.8, 4) is 5.75 Å². The summed E-state index contributed by atoms with van der Waals surface area (Å²) >= 11 is 0. The number of rotatable bonds is 2. The van der Waals surface area contributed by atoms with Gasteiger partial charge in [0, 0.05) is 18.7 Å². The lowest BCUT2D eigenvalue weighted by Gasteiger charge is -2.47. The van der Waals surface area contributed by atoms with Crippen LogP contribution >= 0.6 is 0 Å². The lowest BCUT2D eigenvalue weighted by atomic mass is 9.91. The van der Waals surface area contributed by atoms with Gasteiger partial charge in [-0.25, -0.2) is 0 Å². The Balaban J connectivity index is 2.13. The van der Waals surface area contributed by atoms with E-state index in [1.54, 1.807) is 0 Å². The summed E-state index contributed by atoms with van der Waals surface area (Å²) in [7, 11) is 0. The van der Waals surface area contributed by atoms with E-state index in [-0.39, 0.29) is 31.9 Å². The van der Waals surface area contributed by atoms with Crippen LogP contribution in [-0.4, -0.2) is 53.8 Å². The number of ketones is 1. The number of fused-ring (bicyclic) bond motifs is 1. The molecule has 0 spiro atoms. The van der Waals surface area contributed by atoms with E-state index in [2.05, 4.69) is 0 Å². The number of nitro groups is 1. The van der Waals surface area contributed by atoms with Crippen LogP contribution in [0.15, 0.2) is 12.1 Å². The Labute approximate surface area is 140 Å². The quantitative estimate of drug-likeness (QED) is 0.595. The molecular formula is C15H15F3N2O5. The van der Waals surface area contributed by atoms with Crippen molar-refractivity contribution in [3.05, 3.63) is 33.4 Å². The lowest BCUT2D eigenvalue weighted by molar-refractivity contribution is -0.386. The number of benzene rings is 1. The topological polar surface area (TPSA) is 81.9 Å². The Morgan fingerprint density at radius 2 is 1.92 bits per heavy atom. The van der Waals surface area contributed by atoms with Gasteiger partial charge in [0.15, 0.2) is 5.78 Å². The third-order valence-electron chi connectivity index (χ3n) is 4.45. The number of hydrogen-bond donors (Lipinski definition) is 0. The minimum absolute atomic E-state index is 0.0594. The highest BCUT2D eigenvalue weighted by Gasteiger charge is 2.64. The summed E-state index contributed by atoms with van der Waals surface area (Å²) in [6, 6.07) is 2.45. The molecule has 0 aliphatic carbocycles. The van der Waals surface area contributed by atoms with Gasteiger partial charge in [0.2, 0.25) is 0 Å². The van der Waals surface area contributed by atoms with Gasteiger partial charge in [0.25, 0.3) is 11.4 Å². The first-order chi connectivity index (χ1) is 11.7. The second-order valence-corrected chi connectivity index (χ2v) is 5.94. The number of carbonyl (C=O) groups is 1. The summed E-state index contributed by atoms with van der Waals surface area (Å²) in [5.74, 6) is -1.38. The van der Waals surface area contributed by atoms with Crippen molar-refractivity contribution < 1.29 is 32.4 Å². The predicted molar refractivity (Wildman–Crippen MR) is 78.6 cm³/mol. The molecule has 1 fully saturated rings. The van der Waals surface area contributed by atoms with Crippen LogP contribution in [0.5, 0.6) is 5.75 Å². The van der Waals surface area contributed by atoms with Crippen LogP contribution in [0.2, 0.25) is 0 Å². The van der Waals surface area contributed by atoms with Crippen LogP contribution in [0.25, 0.3) is 0 Å². The molecule has 0 aromatic heterocycles. The van der Waals surface area contributed by atoms with Gasteiger partial charge in [-0.1, -0.05) is 0 Å². The Morgan fingerprint density at radius 3 is 2.48 bits per heavy atom. The van der Waals surface area contributed by atoms with E-state index in [0.29, 0.717) is 0 Å². The molecule has 2 heterocycles. The monoisotopic (exact) mass is 360 g/mol. The smallest absolute Gasteiger partial charge is 0.443 e. The fraction of sp³-hybridized carbons (Fsp3) is 0.533. The van der Waals surface area contributed by atoms with Gasteiger partial charge in [-0.2, -0.15) is 13.2 Å². The molecule has 7 nitrogen and oxygen atoms in total. The van der Waals surface area contributed by atoms with Crippen LogP contribution in [0.4, 0.5) is 18.9 Å². The van der Waals surface area contributed by atoms with Crippen LogP contribution < -0.4 is 4.74 Å². The molecular weight excluding hydrogens is 345 g/mol. The number of Topliss-reactive ketones (excluding diaryl/α,β-unsaturated/α-hetero) is 1. The Morgan fingerprint density at radius 1 is 1.28 bits per heavy atom. The highest BCUT2D eigenvalue weighted by atomic mass is 19.4. The van der Waals surface area contributed by atoms with E-state index in [1.165, 1.54) is 19.1 Å². The summed E-state index contributed by atoms with van der Waals surface area (Å²) in [4.78, 5) is 24.0. The molecule has 0 unspecified atom stereocenters.